The van der Waals surface area contributed by atoms with E-state index in [1.807, 2.05) is 0 Å². The monoisotopic (exact) mass is 1510 g/mol. The van der Waals surface area contributed by atoms with Crippen LogP contribution in [0.1, 0.15) is 61.1 Å². The molecule has 113 heavy (non-hydrogen) atoms. The molecule has 0 atom stereocenters. The van der Waals surface area contributed by atoms with Crippen LogP contribution < -0.4 is 4.90 Å². The van der Waals surface area contributed by atoms with E-state index < -0.39 is 0 Å². The molecule has 4 heterocycles. The lowest BCUT2D eigenvalue weighted by atomic mass is 9.81. The van der Waals surface area contributed by atoms with Crippen LogP contribution in [-0.2, 0) is 17.3 Å². The van der Waals surface area contributed by atoms with Gasteiger partial charge in [0, 0.05) is 99.8 Å². The number of fused-ring (bicyclic) bond motifs is 16. The van der Waals surface area contributed by atoms with Gasteiger partial charge in [-0.15, -0.1) is 0 Å². The van der Waals surface area contributed by atoms with Crippen molar-refractivity contribution in [3.05, 3.63) is 438 Å². The van der Waals surface area contributed by atoms with Crippen LogP contribution in [0.5, 0.6) is 0 Å². The van der Waals surface area contributed by atoms with Crippen LogP contribution in [0.25, 0.3) is 133 Å². The zero-order valence-electron chi connectivity index (χ0n) is 63.4. The minimum Gasteiger partial charge on any atom is -0.316 e. The van der Waals surface area contributed by atoms with Crippen LogP contribution in [0.4, 0.5) is 17.1 Å². The van der Waals surface area contributed by atoms with Crippen LogP contribution >= 0.6 is 15.9 Å². The minimum atomic E-state index is -0.119. The summed E-state index contributed by atoms with van der Waals surface area (Å²) in [6, 6.07) is 141. The summed E-state index contributed by atoms with van der Waals surface area (Å²) in [7, 11) is 0. The zero-order valence-corrected chi connectivity index (χ0v) is 65.0. The first-order chi connectivity index (χ1) is 55.5. The van der Waals surface area contributed by atoms with Gasteiger partial charge < -0.3 is 23.2 Å². The van der Waals surface area contributed by atoms with Crippen LogP contribution in [0.3, 0.4) is 0 Å². The summed E-state index contributed by atoms with van der Waals surface area (Å²) in [6.45, 7) is 9.41. The fourth-order valence-corrected chi connectivity index (χ4v) is 18.5. The number of benzene rings is 16. The quantitative estimate of drug-likeness (QED) is 0.127. The molecule has 5 nitrogen and oxygen atoms in total. The molecular weight excluding hydrogens is 1440 g/mol. The highest BCUT2D eigenvalue weighted by molar-refractivity contribution is 9.10. The first-order valence-corrected chi connectivity index (χ1v) is 39.9. The predicted octanol–water partition coefficient (Wildman–Crippen LogP) is 28.9. The Hall–Kier alpha value is -13.5. The van der Waals surface area contributed by atoms with E-state index in [0.29, 0.717) is 0 Å². The highest BCUT2D eigenvalue weighted by Crippen LogP contribution is 2.53. The van der Waals surface area contributed by atoms with Gasteiger partial charge in [0.2, 0.25) is 0 Å². The number of aromatic nitrogens is 4. The molecule has 2 aliphatic carbocycles. The normalized spacial score (nSPS) is 12.8. The summed E-state index contributed by atoms with van der Waals surface area (Å²) in [4.78, 5) is 2.44. The number of nitrogens with zero attached hydrogens (tertiary/aromatic N) is 5. The van der Waals surface area contributed by atoms with Gasteiger partial charge in [-0.3, -0.25) is 0 Å². The van der Waals surface area contributed by atoms with Gasteiger partial charge in [-0.25, -0.2) is 0 Å². The number of halogens is 1. The van der Waals surface area contributed by atoms with E-state index in [1.54, 1.807) is 0 Å². The second kappa shape index (κ2) is 28.1. The Labute approximate surface area is 667 Å². The van der Waals surface area contributed by atoms with Crippen LogP contribution in [0, 0.1) is 0 Å². The van der Waals surface area contributed by atoms with Gasteiger partial charge in [0.05, 0.1) is 33.1 Å². The first-order valence-electron chi connectivity index (χ1n) is 39.1. The number of anilines is 3. The van der Waals surface area contributed by atoms with Gasteiger partial charge in [0.1, 0.15) is 0 Å². The molecular formula is C107H80BrN5. The predicted molar refractivity (Wildman–Crippen MR) is 479 cm³/mol. The number of rotatable bonds is 11. The van der Waals surface area contributed by atoms with E-state index in [2.05, 4.69) is 467 Å². The molecule has 6 heteroatoms. The van der Waals surface area contributed by atoms with Crippen molar-refractivity contribution in [2.45, 2.75) is 44.9 Å². The van der Waals surface area contributed by atoms with Crippen molar-refractivity contribution in [2.24, 2.45) is 0 Å². The summed E-state index contributed by atoms with van der Waals surface area (Å²) < 4.78 is 10.5. The maximum atomic E-state index is 3.69. The molecule has 20 aromatic rings. The van der Waals surface area contributed by atoms with Gasteiger partial charge in [-0.05, 0) is 218 Å². The van der Waals surface area contributed by atoms with Crippen molar-refractivity contribution < 1.29 is 0 Å². The Morgan fingerprint density at radius 1 is 0.274 bits per heavy atom. The lowest BCUT2D eigenvalue weighted by molar-refractivity contribution is 0.659. The van der Waals surface area contributed by atoms with Crippen LogP contribution in [0.15, 0.2) is 405 Å². The Morgan fingerprint density at radius 3 is 1.14 bits per heavy atom. The first kappa shape index (κ1) is 68.7. The van der Waals surface area contributed by atoms with Crippen LogP contribution in [0.2, 0.25) is 0 Å². The molecule has 4 aromatic heterocycles. The SMILES string of the molecule is Brc1ccc2c(c1)c1c3c(ccc1n2-c1ccccc1)ccn3-c1ccccc1.CC1(C)c2ccccc2-c2ccc(Cc3ccc(-c4ccccc4)cc3)cc21.CC1(C)c2ccccc2-c2ccc(N(c3ccc(-c4ccccc4)cc3)c3ccc4c(c3)c3c5c(ccc3n4-c3ccccc3)ccn5-c3ccccc3)cc21. The van der Waals surface area contributed by atoms with E-state index in [1.165, 1.54) is 155 Å². The second-order valence-electron chi connectivity index (χ2n) is 31.0. The maximum absolute atomic E-state index is 3.69. The fourth-order valence-electron chi connectivity index (χ4n) is 18.1. The molecule has 2 aliphatic rings. The summed E-state index contributed by atoms with van der Waals surface area (Å²) >= 11 is 3.69. The molecule has 22 rings (SSSR count). The molecule has 0 N–H and O–H groups in total. The van der Waals surface area contributed by atoms with Gasteiger partial charge >= 0.3 is 0 Å². The van der Waals surface area contributed by atoms with Crippen molar-refractivity contribution in [2.75, 3.05) is 4.90 Å². The molecule has 0 fully saturated rings. The van der Waals surface area contributed by atoms with Crippen LogP contribution in [-0.4, -0.2) is 18.3 Å². The number of hydrogen-bond donors (Lipinski definition) is 0. The molecule has 0 unspecified atom stereocenters. The molecule has 0 saturated heterocycles. The average molecular weight is 1520 g/mol. The molecule has 0 saturated carbocycles. The van der Waals surface area contributed by atoms with E-state index in [4.69, 9.17) is 0 Å². The molecule has 0 radical (unpaired) electrons. The summed E-state index contributed by atoms with van der Waals surface area (Å²) in [5.74, 6) is 0. The Kier molecular flexibility index (Phi) is 17.1. The minimum absolute atomic E-state index is 0.0686. The van der Waals surface area contributed by atoms with E-state index in [9.17, 15) is 0 Å². The smallest absolute Gasteiger partial charge is 0.0628 e. The van der Waals surface area contributed by atoms with Crippen molar-refractivity contribution in [1.29, 1.82) is 0 Å². The Morgan fingerprint density at radius 2 is 0.637 bits per heavy atom. The summed E-state index contributed by atoms with van der Waals surface area (Å²) in [5, 5.41) is 7.43. The highest BCUT2D eigenvalue weighted by atomic mass is 79.9. The number of para-hydroxylation sites is 4. The Balaban J connectivity index is 0.000000122. The zero-order chi connectivity index (χ0) is 75.9. The molecule has 0 aliphatic heterocycles. The van der Waals surface area contributed by atoms with E-state index >= 15 is 0 Å². The second-order valence-corrected chi connectivity index (χ2v) is 31.9. The summed E-state index contributed by atoms with van der Waals surface area (Å²) in [5.41, 5.74) is 33.9. The van der Waals surface area contributed by atoms with Crippen molar-refractivity contribution in [1.82, 2.24) is 18.3 Å². The maximum Gasteiger partial charge on any atom is 0.0628 e. The average Bonchev–Trinajstić information content (AvgIpc) is 1.57. The molecule has 0 bridgehead atoms. The van der Waals surface area contributed by atoms with E-state index in [-0.39, 0.29) is 10.8 Å². The standard InChI is InChI=1S/C53H39N3.C28H24.C26H17BrN2/c1-53(2)47-21-13-12-20-44(47)45-29-27-43(35-48(45)53)55(41-25-22-37(23-26-41)36-14-6-3-7-15-36)42-28-31-49-46(34-42)51-50(56(49)40-18-10-5-11-19-40)30-24-38-32-33-54(52(38)51)39-16-8-4-9-17-39;1-28(2)26-11-7-6-10-24(26)25-17-14-21(19-27(25)28)18-20-12-15-23(16-13-20)22-8-4-3-5-9-22;27-19-12-14-23-22(17-19)25-24(29(23)21-9-5-2-6-10-21)13-11-18-15-16-28(26(18)25)20-7-3-1-4-8-20/h3-35H,1-2H3;3-17,19H,18H2,1-2H3;1-17H. The molecule has 0 spiro atoms. The lowest BCUT2D eigenvalue weighted by Crippen LogP contribution is -2.16. The third-order valence-electron chi connectivity index (χ3n) is 23.6. The van der Waals surface area contributed by atoms with Crippen molar-refractivity contribution >= 4 is 98.4 Å². The Bertz CT molecular complexity index is 6970. The third-order valence-corrected chi connectivity index (χ3v) is 24.1. The largest absolute Gasteiger partial charge is 0.316 e. The molecule has 540 valence electrons. The van der Waals surface area contributed by atoms with E-state index in [0.717, 1.165) is 39.3 Å². The van der Waals surface area contributed by atoms with Crippen molar-refractivity contribution in [3.63, 3.8) is 0 Å². The van der Waals surface area contributed by atoms with Gasteiger partial charge in [0.25, 0.3) is 0 Å². The highest BCUT2D eigenvalue weighted by Gasteiger charge is 2.37. The van der Waals surface area contributed by atoms with Gasteiger partial charge in [-0.2, -0.15) is 0 Å². The third kappa shape index (κ3) is 12.0. The lowest BCUT2D eigenvalue weighted by Gasteiger charge is -2.28. The topological polar surface area (TPSA) is 23.0 Å². The van der Waals surface area contributed by atoms with Crippen molar-refractivity contribution in [3.8, 4) is 67.3 Å². The molecule has 16 aromatic carbocycles. The number of hydrogen-bond acceptors (Lipinski definition) is 1. The molecule has 0 amide bonds. The summed E-state index contributed by atoms with van der Waals surface area (Å²) in [6.07, 6.45) is 5.35. The van der Waals surface area contributed by atoms with Gasteiger partial charge in [-0.1, -0.05) is 298 Å². The fraction of sp³-hybridized carbons (Fsp3) is 0.0654. The van der Waals surface area contributed by atoms with Gasteiger partial charge in [0.15, 0.2) is 0 Å².